The van der Waals surface area contributed by atoms with Crippen molar-refractivity contribution in [1.82, 2.24) is 0 Å². The molecule has 0 radical (unpaired) electrons. The van der Waals surface area contributed by atoms with Gasteiger partial charge >= 0.3 is 12.1 Å². The maximum Gasteiger partial charge on any atom is 0.418 e. The highest BCUT2D eigenvalue weighted by molar-refractivity contribution is 7.91. The first-order valence-corrected chi connectivity index (χ1v) is 10.6. The SMILES string of the molecule is COc1ccc(S(=O)(=O)c2cc(C(=O)O)c(Cc3ccccc3)c(C(F)(F)F)c2N)cc1. The number of alkyl halides is 3. The lowest BCUT2D eigenvalue weighted by atomic mass is 9.93. The quantitative estimate of drug-likeness (QED) is 0.522. The number of carboxylic acid groups (broad SMARTS) is 1. The monoisotopic (exact) mass is 465 g/mol. The van der Waals surface area contributed by atoms with Gasteiger partial charge in [0.25, 0.3) is 0 Å². The number of sulfone groups is 1. The van der Waals surface area contributed by atoms with Crippen molar-refractivity contribution in [3.8, 4) is 5.75 Å². The van der Waals surface area contributed by atoms with E-state index in [-0.39, 0.29) is 4.90 Å². The van der Waals surface area contributed by atoms with Gasteiger partial charge in [-0.05, 0) is 47.9 Å². The lowest BCUT2D eigenvalue weighted by Gasteiger charge is -2.21. The summed E-state index contributed by atoms with van der Waals surface area (Å²) in [5.41, 5.74) is 2.24. The van der Waals surface area contributed by atoms with Crippen LogP contribution in [0.4, 0.5) is 18.9 Å². The van der Waals surface area contributed by atoms with E-state index in [1.54, 1.807) is 18.2 Å². The molecule has 0 spiro atoms. The minimum absolute atomic E-state index is 0.331. The smallest absolute Gasteiger partial charge is 0.418 e. The maximum absolute atomic E-state index is 14.0. The molecule has 0 saturated heterocycles. The number of anilines is 1. The lowest BCUT2D eigenvalue weighted by molar-refractivity contribution is -0.137. The summed E-state index contributed by atoms with van der Waals surface area (Å²) in [7, 11) is -3.20. The number of halogens is 3. The van der Waals surface area contributed by atoms with Crippen molar-refractivity contribution in [2.45, 2.75) is 22.4 Å². The normalized spacial score (nSPS) is 11.9. The van der Waals surface area contributed by atoms with E-state index in [1.807, 2.05) is 0 Å². The van der Waals surface area contributed by atoms with Crippen LogP contribution >= 0.6 is 0 Å². The minimum atomic E-state index is -5.09. The number of carboxylic acids is 1. The van der Waals surface area contributed by atoms with E-state index in [0.29, 0.717) is 17.4 Å². The summed E-state index contributed by atoms with van der Waals surface area (Å²) in [4.78, 5) is 10.6. The van der Waals surface area contributed by atoms with Crippen molar-refractivity contribution in [3.05, 3.63) is 82.9 Å². The third-order valence-corrected chi connectivity index (χ3v) is 6.64. The van der Waals surface area contributed by atoms with Crippen LogP contribution < -0.4 is 10.5 Å². The second-order valence-electron chi connectivity index (χ2n) is 6.83. The van der Waals surface area contributed by atoms with Crippen molar-refractivity contribution < 1.29 is 36.2 Å². The standard InChI is InChI=1S/C22H18F3NO5S/c1-31-14-7-9-15(10-8-14)32(29,30)18-12-17(21(27)28)16(11-13-5-3-2-4-6-13)19(20(18)26)22(23,24)25/h2-10,12H,11,26H2,1H3,(H,27,28). The summed E-state index contributed by atoms with van der Waals surface area (Å²) in [5.74, 6) is -1.37. The Hall–Kier alpha value is -3.53. The second-order valence-corrected chi connectivity index (χ2v) is 8.75. The topological polar surface area (TPSA) is 107 Å². The van der Waals surface area contributed by atoms with Gasteiger partial charge in [-0.15, -0.1) is 0 Å². The van der Waals surface area contributed by atoms with E-state index in [0.717, 1.165) is 12.1 Å². The zero-order chi connectivity index (χ0) is 23.7. The first-order valence-electron chi connectivity index (χ1n) is 9.15. The molecule has 0 aliphatic carbocycles. The third-order valence-electron chi connectivity index (χ3n) is 4.83. The summed E-state index contributed by atoms with van der Waals surface area (Å²) in [6.45, 7) is 0. The van der Waals surface area contributed by atoms with Crippen molar-refractivity contribution in [1.29, 1.82) is 0 Å². The molecule has 0 amide bonds. The van der Waals surface area contributed by atoms with Gasteiger partial charge in [0.2, 0.25) is 9.84 Å². The molecule has 3 aromatic carbocycles. The molecular formula is C22H18F3NO5S. The molecule has 0 fully saturated rings. The number of rotatable bonds is 6. The van der Waals surface area contributed by atoms with Crippen LogP contribution in [-0.4, -0.2) is 26.6 Å². The summed E-state index contributed by atoms with van der Waals surface area (Å²) in [6.07, 6.45) is -5.49. The van der Waals surface area contributed by atoms with Gasteiger partial charge in [-0.2, -0.15) is 13.2 Å². The number of carbonyl (C=O) groups is 1. The molecule has 3 rings (SSSR count). The fourth-order valence-electron chi connectivity index (χ4n) is 3.32. The average Bonchev–Trinajstić information content (AvgIpc) is 2.73. The Balaban J connectivity index is 2.31. The Bertz CT molecular complexity index is 1260. The highest BCUT2D eigenvalue weighted by atomic mass is 32.2. The van der Waals surface area contributed by atoms with Gasteiger partial charge in [0.1, 0.15) is 5.75 Å². The molecule has 32 heavy (non-hydrogen) atoms. The van der Waals surface area contributed by atoms with E-state index < -0.39 is 55.7 Å². The van der Waals surface area contributed by atoms with Crippen LogP contribution in [0.25, 0.3) is 0 Å². The van der Waals surface area contributed by atoms with E-state index >= 15 is 0 Å². The van der Waals surface area contributed by atoms with Crippen LogP contribution in [0, 0.1) is 0 Å². The van der Waals surface area contributed by atoms with Crippen molar-refractivity contribution in [2.75, 3.05) is 12.8 Å². The van der Waals surface area contributed by atoms with Gasteiger partial charge in [0, 0.05) is 0 Å². The molecule has 0 aromatic heterocycles. The van der Waals surface area contributed by atoms with E-state index in [2.05, 4.69) is 0 Å². The third kappa shape index (κ3) is 4.40. The Morgan fingerprint density at radius 2 is 1.66 bits per heavy atom. The molecule has 10 heteroatoms. The molecule has 0 heterocycles. The molecule has 0 unspecified atom stereocenters. The van der Waals surface area contributed by atoms with Crippen LogP contribution in [0.1, 0.15) is 27.0 Å². The minimum Gasteiger partial charge on any atom is -0.497 e. The largest absolute Gasteiger partial charge is 0.497 e. The van der Waals surface area contributed by atoms with Crippen molar-refractivity contribution >= 4 is 21.5 Å². The zero-order valence-corrected chi connectivity index (χ0v) is 17.5. The highest BCUT2D eigenvalue weighted by Gasteiger charge is 2.41. The number of nitrogens with two attached hydrogens (primary N) is 1. The van der Waals surface area contributed by atoms with Crippen LogP contribution in [0.3, 0.4) is 0 Å². The van der Waals surface area contributed by atoms with Crippen molar-refractivity contribution in [2.24, 2.45) is 0 Å². The van der Waals surface area contributed by atoms with Gasteiger partial charge in [0.15, 0.2) is 0 Å². The van der Waals surface area contributed by atoms with Crippen LogP contribution in [0.5, 0.6) is 5.75 Å². The van der Waals surface area contributed by atoms with Crippen LogP contribution in [0.15, 0.2) is 70.5 Å². The highest BCUT2D eigenvalue weighted by Crippen LogP contribution is 2.43. The van der Waals surface area contributed by atoms with Crippen LogP contribution in [0.2, 0.25) is 0 Å². The Kier molecular flexibility index (Phi) is 6.18. The first-order chi connectivity index (χ1) is 15.0. The molecule has 0 saturated carbocycles. The molecule has 0 aliphatic rings. The van der Waals surface area contributed by atoms with Gasteiger partial charge in [-0.3, -0.25) is 0 Å². The predicted molar refractivity (Wildman–Crippen MR) is 111 cm³/mol. The van der Waals surface area contributed by atoms with Gasteiger partial charge in [-0.25, -0.2) is 13.2 Å². The number of ether oxygens (including phenoxy) is 1. The number of methoxy groups -OCH3 is 1. The second kappa shape index (κ2) is 8.54. The van der Waals surface area contributed by atoms with E-state index in [4.69, 9.17) is 10.5 Å². The fourth-order valence-corrected chi connectivity index (χ4v) is 4.73. The molecule has 3 aromatic rings. The first kappa shape index (κ1) is 23.1. The van der Waals surface area contributed by atoms with Gasteiger partial charge in [0.05, 0.1) is 33.7 Å². The number of benzene rings is 3. The van der Waals surface area contributed by atoms with E-state index in [9.17, 15) is 31.5 Å². The summed E-state index contributed by atoms with van der Waals surface area (Å²) in [6, 6.07) is 13.5. The summed E-state index contributed by atoms with van der Waals surface area (Å²) >= 11 is 0. The lowest BCUT2D eigenvalue weighted by Crippen LogP contribution is -2.20. The van der Waals surface area contributed by atoms with Crippen molar-refractivity contribution in [3.63, 3.8) is 0 Å². The number of nitrogen functional groups attached to an aromatic ring is 1. The average molecular weight is 465 g/mol. The molecule has 0 atom stereocenters. The number of hydrogen-bond donors (Lipinski definition) is 2. The van der Waals surface area contributed by atoms with Crippen LogP contribution in [-0.2, 0) is 22.4 Å². The van der Waals surface area contributed by atoms with Gasteiger partial charge < -0.3 is 15.6 Å². The number of aromatic carboxylic acids is 1. The number of hydrogen-bond acceptors (Lipinski definition) is 5. The van der Waals surface area contributed by atoms with Gasteiger partial charge in [-0.1, -0.05) is 30.3 Å². The molecule has 0 bridgehead atoms. The Morgan fingerprint density at radius 1 is 1.06 bits per heavy atom. The summed E-state index contributed by atoms with van der Waals surface area (Å²) < 4.78 is 73.3. The molecule has 0 aliphatic heterocycles. The van der Waals surface area contributed by atoms with E-state index in [1.165, 1.54) is 31.4 Å². The fraction of sp³-hybridized carbons (Fsp3) is 0.136. The zero-order valence-electron chi connectivity index (χ0n) is 16.7. The molecule has 6 nitrogen and oxygen atoms in total. The Labute approximate surface area is 182 Å². The molecule has 3 N–H and O–H groups in total. The predicted octanol–water partition coefficient (Wildman–Crippen LogP) is 4.42. The Morgan fingerprint density at radius 3 is 2.16 bits per heavy atom. The molecular weight excluding hydrogens is 447 g/mol. The summed E-state index contributed by atoms with van der Waals surface area (Å²) in [5, 5.41) is 9.63. The molecule has 168 valence electrons. The maximum atomic E-state index is 14.0.